The van der Waals surface area contributed by atoms with Crippen molar-refractivity contribution in [2.45, 2.75) is 32.0 Å². The Hall–Kier alpha value is -1.75. The van der Waals surface area contributed by atoms with Crippen LogP contribution in [0.25, 0.3) is 0 Å². The van der Waals surface area contributed by atoms with Crippen molar-refractivity contribution in [2.24, 2.45) is 0 Å². The van der Waals surface area contributed by atoms with Crippen molar-refractivity contribution in [3.05, 3.63) is 23.8 Å². The standard InChI is InChI=1S/C13H14O5/c1-4-17-11(16)9-5-6-10(15)13(7-9)12(3,18-13)8(2)14/h5-7H,4H2,1-3H3. The summed E-state index contributed by atoms with van der Waals surface area (Å²) < 4.78 is 10.2. The summed E-state index contributed by atoms with van der Waals surface area (Å²) in [5.74, 6) is -1.10. The van der Waals surface area contributed by atoms with Gasteiger partial charge in [0.15, 0.2) is 22.8 Å². The molecule has 0 aromatic heterocycles. The lowest BCUT2D eigenvalue weighted by molar-refractivity contribution is -0.138. The van der Waals surface area contributed by atoms with Gasteiger partial charge in [-0.1, -0.05) is 0 Å². The summed E-state index contributed by atoms with van der Waals surface area (Å²) >= 11 is 0. The third-order valence-corrected chi connectivity index (χ3v) is 3.35. The van der Waals surface area contributed by atoms with E-state index in [1.807, 2.05) is 0 Å². The van der Waals surface area contributed by atoms with E-state index in [9.17, 15) is 14.4 Å². The van der Waals surface area contributed by atoms with E-state index in [-0.39, 0.29) is 23.7 Å². The van der Waals surface area contributed by atoms with Crippen molar-refractivity contribution in [1.29, 1.82) is 0 Å². The summed E-state index contributed by atoms with van der Waals surface area (Å²) in [7, 11) is 0. The van der Waals surface area contributed by atoms with Gasteiger partial charge in [0.05, 0.1) is 12.2 Å². The van der Waals surface area contributed by atoms with Crippen LogP contribution in [0.1, 0.15) is 20.8 Å². The fraction of sp³-hybridized carbons (Fsp3) is 0.462. The second-order valence-corrected chi connectivity index (χ2v) is 4.44. The number of carbonyl (C=O) groups excluding carboxylic acids is 3. The van der Waals surface area contributed by atoms with Crippen molar-refractivity contribution in [2.75, 3.05) is 6.61 Å². The lowest BCUT2D eigenvalue weighted by Gasteiger charge is -2.13. The molecule has 1 aliphatic heterocycles. The lowest BCUT2D eigenvalue weighted by Crippen LogP contribution is -2.36. The second-order valence-electron chi connectivity index (χ2n) is 4.44. The van der Waals surface area contributed by atoms with E-state index in [4.69, 9.17) is 9.47 Å². The average molecular weight is 250 g/mol. The maximum atomic E-state index is 11.9. The average Bonchev–Trinajstić information content (AvgIpc) is 2.91. The summed E-state index contributed by atoms with van der Waals surface area (Å²) in [6.45, 7) is 4.85. The molecule has 0 amide bonds. The number of hydrogen-bond donors (Lipinski definition) is 0. The molecule has 2 unspecified atom stereocenters. The van der Waals surface area contributed by atoms with Gasteiger partial charge in [0, 0.05) is 0 Å². The molecule has 1 fully saturated rings. The summed E-state index contributed by atoms with van der Waals surface area (Å²) in [6, 6.07) is 0. The Labute approximate surface area is 104 Å². The van der Waals surface area contributed by atoms with E-state index in [1.54, 1.807) is 13.8 Å². The molecule has 1 spiro atoms. The van der Waals surface area contributed by atoms with Gasteiger partial charge in [-0.05, 0) is 39.0 Å². The van der Waals surface area contributed by atoms with Gasteiger partial charge in [0.1, 0.15) is 0 Å². The van der Waals surface area contributed by atoms with Crippen LogP contribution in [0, 0.1) is 0 Å². The predicted octanol–water partition coefficient (Wildman–Crippen LogP) is 0.731. The second kappa shape index (κ2) is 3.88. The number of rotatable bonds is 3. The molecule has 1 aliphatic carbocycles. The number of esters is 1. The zero-order chi connectivity index (χ0) is 13.6. The van der Waals surface area contributed by atoms with E-state index in [1.165, 1.54) is 25.2 Å². The first-order valence-corrected chi connectivity index (χ1v) is 5.71. The first-order chi connectivity index (χ1) is 8.37. The van der Waals surface area contributed by atoms with Crippen LogP contribution in [-0.2, 0) is 23.9 Å². The SMILES string of the molecule is CCOC(=O)C1=CC2(OC2(C)C(C)=O)C(=O)C=C1. The van der Waals surface area contributed by atoms with Gasteiger partial charge in [-0.3, -0.25) is 9.59 Å². The Balaban J connectivity index is 2.34. The van der Waals surface area contributed by atoms with Crippen LogP contribution in [0.4, 0.5) is 0 Å². The highest BCUT2D eigenvalue weighted by Gasteiger charge is 2.73. The van der Waals surface area contributed by atoms with Crippen molar-refractivity contribution >= 4 is 17.5 Å². The third kappa shape index (κ3) is 1.54. The zero-order valence-electron chi connectivity index (χ0n) is 10.5. The molecule has 2 aliphatic rings. The van der Waals surface area contributed by atoms with Crippen molar-refractivity contribution in [3.63, 3.8) is 0 Å². The topological polar surface area (TPSA) is 73.0 Å². The first kappa shape index (κ1) is 12.7. The highest BCUT2D eigenvalue weighted by atomic mass is 16.6. The summed E-state index contributed by atoms with van der Waals surface area (Å²) in [4.78, 5) is 35.0. The molecule has 96 valence electrons. The first-order valence-electron chi connectivity index (χ1n) is 5.71. The van der Waals surface area contributed by atoms with Crippen molar-refractivity contribution in [1.82, 2.24) is 0 Å². The molecule has 0 N–H and O–H groups in total. The molecule has 5 nitrogen and oxygen atoms in total. The minimum Gasteiger partial charge on any atom is -0.462 e. The number of epoxide rings is 1. The van der Waals surface area contributed by atoms with Gasteiger partial charge < -0.3 is 9.47 Å². The van der Waals surface area contributed by atoms with E-state index < -0.39 is 17.2 Å². The zero-order valence-corrected chi connectivity index (χ0v) is 10.5. The Kier molecular flexibility index (Phi) is 2.74. The smallest absolute Gasteiger partial charge is 0.337 e. The van der Waals surface area contributed by atoms with Crippen molar-refractivity contribution < 1.29 is 23.9 Å². The normalized spacial score (nSPS) is 33.3. The molecule has 0 aromatic rings. The molecule has 1 saturated heterocycles. The maximum absolute atomic E-state index is 11.9. The molecule has 0 bridgehead atoms. The highest BCUT2D eigenvalue weighted by Crippen LogP contribution is 2.52. The van der Waals surface area contributed by atoms with E-state index in [2.05, 4.69) is 0 Å². The number of ether oxygens (including phenoxy) is 2. The van der Waals surface area contributed by atoms with Gasteiger partial charge in [0.2, 0.25) is 0 Å². The number of ketones is 2. The van der Waals surface area contributed by atoms with E-state index >= 15 is 0 Å². The van der Waals surface area contributed by atoms with Crippen LogP contribution in [0.15, 0.2) is 23.8 Å². The van der Waals surface area contributed by atoms with Gasteiger partial charge >= 0.3 is 5.97 Å². The molecular weight excluding hydrogens is 236 g/mol. The molecule has 0 aromatic carbocycles. The highest BCUT2D eigenvalue weighted by molar-refractivity contribution is 6.13. The van der Waals surface area contributed by atoms with Crippen LogP contribution in [0.3, 0.4) is 0 Å². The fourth-order valence-corrected chi connectivity index (χ4v) is 2.05. The Bertz CT molecular complexity index is 502. The molecule has 0 radical (unpaired) electrons. The van der Waals surface area contributed by atoms with Crippen LogP contribution in [0.5, 0.6) is 0 Å². The molecule has 2 atom stereocenters. The Morgan fingerprint density at radius 1 is 1.39 bits per heavy atom. The predicted molar refractivity (Wildman–Crippen MR) is 61.8 cm³/mol. The van der Waals surface area contributed by atoms with Gasteiger partial charge in [0.25, 0.3) is 0 Å². The van der Waals surface area contributed by atoms with Crippen LogP contribution >= 0.6 is 0 Å². The fourth-order valence-electron chi connectivity index (χ4n) is 2.05. The number of Topliss-reactive ketones (excluding diaryl/α,β-unsaturated/α-hetero) is 1. The maximum Gasteiger partial charge on any atom is 0.337 e. The number of carbonyl (C=O) groups is 3. The monoisotopic (exact) mass is 250 g/mol. The van der Waals surface area contributed by atoms with E-state index in [0.717, 1.165) is 0 Å². The Morgan fingerprint density at radius 3 is 2.56 bits per heavy atom. The lowest BCUT2D eigenvalue weighted by atomic mass is 9.83. The number of hydrogen-bond acceptors (Lipinski definition) is 5. The van der Waals surface area contributed by atoms with Gasteiger partial charge in [-0.25, -0.2) is 4.79 Å². The molecule has 1 heterocycles. The molecular formula is C13H14O5. The molecule has 5 heteroatoms. The molecule has 18 heavy (non-hydrogen) atoms. The summed E-state index contributed by atoms with van der Waals surface area (Å²) in [5.41, 5.74) is -2.26. The molecule has 0 saturated carbocycles. The minimum atomic E-state index is -1.32. The van der Waals surface area contributed by atoms with E-state index in [0.29, 0.717) is 0 Å². The van der Waals surface area contributed by atoms with Gasteiger partial charge in [-0.15, -0.1) is 0 Å². The largest absolute Gasteiger partial charge is 0.462 e. The third-order valence-electron chi connectivity index (χ3n) is 3.35. The minimum absolute atomic E-state index is 0.237. The van der Waals surface area contributed by atoms with Gasteiger partial charge in [-0.2, -0.15) is 0 Å². The van der Waals surface area contributed by atoms with Crippen molar-refractivity contribution in [3.8, 4) is 0 Å². The quantitative estimate of drug-likeness (QED) is 0.545. The van der Waals surface area contributed by atoms with Crippen LogP contribution in [-0.4, -0.2) is 35.3 Å². The molecule has 2 rings (SSSR count). The van der Waals surface area contributed by atoms with Crippen LogP contribution < -0.4 is 0 Å². The Morgan fingerprint density at radius 2 is 2.06 bits per heavy atom. The summed E-state index contributed by atoms with van der Waals surface area (Å²) in [6.07, 6.45) is 4.02. The van der Waals surface area contributed by atoms with Crippen LogP contribution in [0.2, 0.25) is 0 Å². The summed E-state index contributed by atoms with van der Waals surface area (Å²) in [5, 5.41) is 0.